The largest absolute Gasteiger partial charge is 0.406 e. The van der Waals surface area contributed by atoms with Gasteiger partial charge in [-0.15, -0.1) is 0 Å². The molecule has 3 unspecified atom stereocenters. The van der Waals surface area contributed by atoms with Gasteiger partial charge in [0.2, 0.25) is 5.91 Å². The minimum absolute atomic E-state index is 0.147. The van der Waals surface area contributed by atoms with Crippen LogP contribution < -0.4 is 5.73 Å². The van der Waals surface area contributed by atoms with Gasteiger partial charge in [-0.25, -0.2) is 0 Å². The Labute approximate surface area is 122 Å². The van der Waals surface area contributed by atoms with E-state index in [1.807, 2.05) is 0 Å². The molecule has 0 aromatic heterocycles. The molecule has 1 saturated carbocycles. The summed E-state index contributed by atoms with van der Waals surface area (Å²) in [4.78, 5) is 13.6. The summed E-state index contributed by atoms with van der Waals surface area (Å²) < 4.78 is 43.8. The summed E-state index contributed by atoms with van der Waals surface area (Å²) in [5.74, 6) is -0.818. The van der Waals surface area contributed by atoms with Gasteiger partial charge in [-0.1, -0.05) is 13.8 Å². The molecule has 2 fully saturated rings. The first-order chi connectivity index (χ1) is 9.43. The fourth-order valence-corrected chi connectivity index (χ4v) is 3.74. The lowest BCUT2D eigenvalue weighted by Crippen LogP contribution is -2.80. The first-order valence-corrected chi connectivity index (χ1v) is 7.21. The molecule has 21 heavy (non-hydrogen) atoms. The third kappa shape index (κ3) is 2.34. The molecule has 0 radical (unpaired) electrons. The summed E-state index contributed by atoms with van der Waals surface area (Å²) in [6.07, 6.45) is -3.96. The second-order valence-electron chi connectivity index (χ2n) is 6.92. The van der Waals surface area contributed by atoms with Gasteiger partial charge in [0.1, 0.15) is 12.1 Å². The van der Waals surface area contributed by atoms with E-state index in [-0.39, 0.29) is 12.0 Å². The van der Waals surface area contributed by atoms with Gasteiger partial charge in [0.25, 0.3) is 0 Å². The van der Waals surface area contributed by atoms with E-state index in [4.69, 9.17) is 10.5 Å². The van der Waals surface area contributed by atoms with Crippen LogP contribution in [0.2, 0.25) is 0 Å². The number of rotatable bonds is 3. The van der Waals surface area contributed by atoms with E-state index < -0.39 is 35.6 Å². The predicted octanol–water partition coefficient (Wildman–Crippen LogP) is 1.93. The van der Waals surface area contributed by atoms with E-state index in [0.29, 0.717) is 13.0 Å². The standard InChI is InChI=1S/C14H23F3N2O2/c1-8(2)19(7-13(15,16)17)11(20)14(18)9-5-6-21-10(9)12(14,3)4/h8-10H,5-7,18H2,1-4H3. The molecule has 0 aromatic carbocycles. The summed E-state index contributed by atoms with van der Waals surface area (Å²) in [5.41, 5.74) is 4.38. The summed E-state index contributed by atoms with van der Waals surface area (Å²) >= 11 is 0. The Balaban J connectivity index is 2.28. The molecule has 2 aliphatic rings. The van der Waals surface area contributed by atoms with Crippen LogP contribution in [0.15, 0.2) is 0 Å². The van der Waals surface area contributed by atoms with E-state index in [0.717, 1.165) is 4.90 Å². The Morgan fingerprint density at radius 1 is 1.43 bits per heavy atom. The van der Waals surface area contributed by atoms with Crippen molar-refractivity contribution in [1.82, 2.24) is 4.90 Å². The highest BCUT2D eigenvalue weighted by Crippen LogP contribution is 2.58. The number of carbonyl (C=O) groups is 1. The molecule has 1 amide bonds. The smallest absolute Gasteiger partial charge is 0.377 e. The van der Waals surface area contributed by atoms with Crippen LogP contribution in [0.1, 0.15) is 34.1 Å². The lowest BCUT2D eigenvalue weighted by Gasteiger charge is -2.62. The molecule has 3 atom stereocenters. The van der Waals surface area contributed by atoms with Crippen LogP contribution in [0.5, 0.6) is 0 Å². The van der Waals surface area contributed by atoms with Gasteiger partial charge in [-0.05, 0) is 20.3 Å². The second-order valence-corrected chi connectivity index (χ2v) is 6.92. The molecule has 1 saturated heterocycles. The van der Waals surface area contributed by atoms with Crippen molar-refractivity contribution < 1.29 is 22.7 Å². The molecular weight excluding hydrogens is 285 g/mol. The van der Waals surface area contributed by atoms with Gasteiger partial charge >= 0.3 is 6.18 Å². The average molecular weight is 308 g/mol. The van der Waals surface area contributed by atoms with Crippen molar-refractivity contribution in [1.29, 1.82) is 0 Å². The van der Waals surface area contributed by atoms with Gasteiger partial charge in [0.05, 0.1) is 6.10 Å². The maximum Gasteiger partial charge on any atom is 0.406 e. The normalized spacial score (nSPS) is 34.5. The quantitative estimate of drug-likeness (QED) is 0.867. The first kappa shape index (κ1) is 16.5. The molecule has 0 aromatic rings. The Morgan fingerprint density at radius 2 is 2.00 bits per heavy atom. The lowest BCUT2D eigenvalue weighted by atomic mass is 9.47. The zero-order valence-corrected chi connectivity index (χ0v) is 12.8. The van der Waals surface area contributed by atoms with E-state index in [9.17, 15) is 18.0 Å². The highest BCUT2D eigenvalue weighted by atomic mass is 19.4. The van der Waals surface area contributed by atoms with E-state index in [1.54, 1.807) is 27.7 Å². The van der Waals surface area contributed by atoms with Gasteiger partial charge in [-0.2, -0.15) is 13.2 Å². The van der Waals surface area contributed by atoms with Crippen LogP contribution in [-0.2, 0) is 9.53 Å². The van der Waals surface area contributed by atoms with Gasteiger partial charge in [0, 0.05) is 24.0 Å². The van der Waals surface area contributed by atoms with Gasteiger partial charge in [0.15, 0.2) is 0 Å². The van der Waals surface area contributed by atoms with Crippen LogP contribution in [-0.4, -0.2) is 47.8 Å². The highest BCUT2D eigenvalue weighted by Gasteiger charge is 2.72. The van der Waals surface area contributed by atoms with Crippen molar-refractivity contribution in [2.24, 2.45) is 17.1 Å². The summed E-state index contributed by atoms with van der Waals surface area (Å²) in [7, 11) is 0. The molecule has 7 heteroatoms. The molecular formula is C14H23F3N2O2. The Kier molecular flexibility index (Phi) is 3.82. The van der Waals surface area contributed by atoms with E-state index >= 15 is 0 Å². The molecule has 2 N–H and O–H groups in total. The summed E-state index contributed by atoms with van der Waals surface area (Å²) in [5, 5.41) is 0. The molecule has 0 bridgehead atoms. The van der Waals surface area contributed by atoms with Crippen molar-refractivity contribution in [2.45, 2.75) is 58.0 Å². The SMILES string of the molecule is CC(C)N(CC(F)(F)F)C(=O)C1(N)C2CCOC2C1(C)C. The second kappa shape index (κ2) is 4.84. The number of hydrogen-bond acceptors (Lipinski definition) is 3. The fraction of sp³-hybridized carbons (Fsp3) is 0.929. The van der Waals surface area contributed by atoms with Crippen LogP contribution in [0.4, 0.5) is 13.2 Å². The minimum Gasteiger partial charge on any atom is -0.377 e. The van der Waals surface area contributed by atoms with Gasteiger partial charge in [-0.3, -0.25) is 4.79 Å². The monoisotopic (exact) mass is 308 g/mol. The zero-order chi connectivity index (χ0) is 16.2. The molecule has 122 valence electrons. The molecule has 1 aliphatic heterocycles. The first-order valence-electron chi connectivity index (χ1n) is 7.21. The molecule has 1 heterocycles. The van der Waals surface area contributed by atoms with Crippen LogP contribution in [0.3, 0.4) is 0 Å². The number of nitrogens with two attached hydrogens (primary N) is 1. The van der Waals surface area contributed by atoms with Crippen LogP contribution in [0.25, 0.3) is 0 Å². The Morgan fingerprint density at radius 3 is 2.48 bits per heavy atom. The van der Waals surface area contributed by atoms with Crippen LogP contribution in [0, 0.1) is 11.3 Å². The van der Waals surface area contributed by atoms with Crippen molar-refractivity contribution in [3.05, 3.63) is 0 Å². The number of alkyl halides is 3. The lowest BCUT2D eigenvalue weighted by molar-refractivity contribution is -0.197. The molecule has 1 aliphatic carbocycles. The fourth-order valence-electron chi connectivity index (χ4n) is 3.74. The molecule has 2 rings (SSSR count). The zero-order valence-electron chi connectivity index (χ0n) is 12.8. The topological polar surface area (TPSA) is 55.6 Å². The number of hydrogen-bond donors (Lipinski definition) is 1. The van der Waals surface area contributed by atoms with Crippen LogP contribution >= 0.6 is 0 Å². The number of ether oxygens (including phenoxy) is 1. The Bertz CT molecular complexity index is 436. The number of carbonyl (C=O) groups excluding carboxylic acids is 1. The number of halogens is 3. The van der Waals surface area contributed by atoms with E-state index in [1.165, 1.54) is 0 Å². The summed E-state index contributed by atoms with van der Waals surface area (Å²) in [6.45, 7) is 5.97. The third-order valence-corrected chi connectivity index (χ3v) is 5.04. The summed E-state index contributed by atoms with van der Waals surface area (Å²) in [6, 6.07) is -0.559. The van der Waals surface area contributed by atoms with Crippen molar-refractivity contribution in [3.8, 4) is 0 Å². The maximum absolute atomic E-state index is 12.8. The van der Waals surface area contributed by atoms with Gasteiger partial charge < -0.3 is 15.4 Å². The Hall–Kier alpha value is -0.820. The average Bonchev–Trinajstić information content (AvgIpc) is 2.80. The number of amides is 1. The highest BCUT2D eigenvalue weighted by molar-refractivity contribution is 5.90. The number of fused-ring (bicyclic) bond motifs is 1. The van der Waals surface area contributed by atoms with E-state index in [2.05, 4.69) is 0 Å². The molecule has 0 spiro atoms. The van der Waals surface area contributed by atoms with Crippen molar-refractivity contribution in [3.63, 3.8) is 0 Å². The minimum atomic E-state index is -4.43. The van der Waals surface area contributed by atoms with Crippen molar-refractivity contribution >= 4 is 5.91 Å². The molecule has 4 nitrogen and oxygen atoms in total. The van der Waals surface area contributed by atoms with Crippen molar-refractivity contribution in [2.75, 3.05) is 13.2 Å². The maximum atomic E-state index is 12.8. The third-order valence-electron chi connectivity index (χ3n) is 5.04. The number of nitrogens with zero attached hydrogens (tertiary/aromatic N) is 1. The predicted molar refractivity (Wildman–Crippen MR) is 71.5 cm³/mol.